The van der Waals surface area contributed by atoms with Crippen LogP contribution in [-0.2, 0) is 16.6 Å². The van der Waals surface area contributed by atoms with E-state index in [-0.39, 0.29) is 17.5 Å². The van der Waals surface area contributed by atoms with Gasteiger partial charge in [0, 0.05) is 24.3 Å². The van der Waals surface area contributed by atoms with Crippen LogP contribution in [0.1, 0.15) is 30.4 Å². The van der Waals surface area contributed by atoms with Gasteiger partial charge in [-0.3, -0.25) is 4.79 Å². The molecule has 2 bridgehead atoms. The van der Waals surface area contributed by atoms with E-state index in [1.807, 2.05) is 6.07 Å². The van der Waals surface area contributed by atoms with Crippen molar-refractivity contribution < 1.29 is 34.4 Å². The Hall–Kier alpha value is -1.67. The number of likely N-dealkylation sites (tertiary alicyclic amines) is 1. The summed E-state index contributed by atoms with van der Waals surface area (Å²) in [5, 5.41) is 44.2. The number of phenolic OH excluding ortho intramolecular Hbond substituents is 1. The van der Waals surface area contributed by atoms with E-state index < -0.39 is 35.1 Å². The summed E-state index contributed by atoms with van der Waals surface area (Å²) in [7, 11) is 2.13. The number of likely N-dealkylation sites (N-methyl/N-ethyl adjacent to an activating group) is 1. The van der Waals surface area contributed by atoms with Crippen molar-refractivity contribution in [2.75, 3.05) is 20.1 Å². The maximum atomic E-state index is 12.9. The van der Waals surface area contributed by atoms with Crippen LogP contribution in [0.15, 0.2) is 12.1 Å². The maximum Gasteiger partial charge on any atom is 0.205 e. The van der Waals surface area contributed by atoms with E-state index in [0.29, 0.717) is 28.8 Å². The third-order valence-corrected chi connectivity index (χ3v) is 8.43. The number of phenols is 1. The summed E-state index contributed by atoms with van der Waals surface area (Å²) in [5.74, 6) is 0.174. The Morgan fingerprint density at radius 2 is 2.04 bits per heavy atom. The van der Waals surface area contributed by atoms with Gasteiger partial charge in [-0.05, 0) is 24.5 Å². The molecule has 0 amide bonds. The smallest absolute Gasteiger partial charge is 0.205 e. The summed E-state index contributed by atoms with van der Waals surface area (Å²) in [6, 6.07) is 3.07. The van der Waals surface area contributed by atoms with Gasteiger partial charge < -0.3 is 29.6 Å². The van der Waals surface area contributed by atoms with Crippen molar-refractivity contribution in [3.63, 3.8) is 0 Å². The Balaban J connectivity index is 1.64. The third kappa shape index (κ3) is 1.66. The van der Waals surface area contributed by atoms with Crippen LogP contribution in [0, 0.1) is 5.92 Å². The lowest BCUT2D eigenvalue weighted by molar-refractivity contribution is -0.951. The van der Waals surface area contributed by atoms with Crippen LogP contribution < -0.4 is 4.74 Å². The molecule has 6 rings (SSSR count). The minimum absolute atomic E-state index is 0.0686. The third-order valence-electron chi connectivity index (χ3n) is 8.43. The lowest BCUT2D eigenvalue weighted by Gasteiger charge is -2.65. The Bertz CT molecular complexity index is 914. The quantitative estimate of drug-likeness (QED) is 0.514. The van der Waals surface area contributed by atoms with Gasteiger partial charge in [0.05, 0.1) is 25.6 Å². The summed E-state index contributed by atoms with van der Waals surface area (Å²) < 4.78 is 6.54. The van der Waals surface area contributed by atoms with Crippen molar-refractivity contribution >= 4 is 5.78 Å². The van der Waals surface area contributed by atoms with Crippen molar-refractivity contribution in [1.82, 2.24) is 0 Å². The molecule has 4 N–H and O–H groups in total. The van der Waals surface area contributed by atoms with E-state index in [9.17, 15) is 25.2 Å². The Labute approximate surface area is 162 Å². The molecule has 1 saturated heterocycles. The van der Waals surface area contributed by atoms with Crippen molar-refractivity contribution in [2.24, 2.45) is 5.92 Å². The number of carbonyl (C=O) groups is 1. The zero-order chi connectivity index (χ0) is 19.6. The number of nitrogens with zero attached hydrogens (tertiary/aromatic N) is 1. The predicted octanol–water partition coefficient (Wildman–Crippen LogP) is -0.388. The minimum Gasteiger partial charge on any atom is -0.504 e. The Kier molecular flexibility index (Phi) is 3.01. The first-order valence-electron chi connectivity index (χ1n) is 10.2. The van der Waals surface area contributed by atoms with Crippen LogP contribution in [-0.4, -0.2) is 80.8 Å². The molecule has 5 aliphatic rings. The molecule has 7 heteroatoms. The number of carbonyl (C=O) groups excluding carboxylic acids is 1. The number of rotatable bonds is 2. The highest BCUT2D eigenvalue weighted by Crippen LogP contribution is 2.65. The zero-order valence-electron chi connectivity index (χ0n) is 15.8. The number of aliphatic hydroxyl groups is 3. The van der Waals surface area contributed by atoms with Gasteiger partial charge in [0.25, 0.3) is 0 Å². The highest BCUT2D eigenvalue weighted by molar-refractivity contribution is 5.94. The number of piperidine rings is 1. The summed E-state index contributed by atoms with van der Waals surface area (Å²) in [5.41, 5.74) is -1.20. The zero-order valence-corrected chi connectivity index (χ0v) is 15.8. The average molecular weight is 388 g/mol. The summed E-state index contributed by atoms with van der Waals surface area (Å²) >= 11 is 0. The molecule has 2 heterocycles. The second-order valence-electron chi connectivity index (χ2n) is 9.83. The molecule has 0 radical (unpaired) electrons. The summed E-state index contributed by atoms with van der Waals surface area (Å²) in [6.07, 6.45) is -1.01. The van der Waals surface area contributed by atoms with Crippen molar-refractivity contribution in [1.29, 1.82) is 0 Å². The molecule has 1 aromatic rings. The molecule has 1 spiro atoms. The normalized spacial score (nSPS) is 48.2. The standard InChI is InChI=1S/C21H25NO6/c1-22(9-10-2-3-10)7-6-20-14-11-4-5-12(23)17(14)28-19(20)16(25)15(24)18(26)21(20,27)13(22)8-11/h4-5,10,13,15,18-19,24,26-27H,2-3,6-9H2,1H3/p+1/t13-,15?,18?,19-,20-,21-,22+/m0/s1. The largest absolute Gasteiger partial charge is 0.504 e. The lowest BCUT2D eigenvalue weighted by Crippen LogP contribution is -2.86. The van der Waals surface area contributed by atoms with Crippen molar-refractivity contribution in [2.45, 2.75) is 61.1 Å². The van der Waals surface area contributed by atoms with Gasteiger partial charge in [0.15, 0.2) is 23.2 Å². The summed E-state index contributed by atoms with van der Waals surface area (Å²) in [4.78, 5) is 12.9. The molecule has 3 aliphatic carbocycles. The molecule has 7 nitrogen and oxygen atoms in total. The molecular formula is C21H26NO6+. The van der Waals surface area contributed by atoms with E-state index in [0.717, 1.165) is 18.7 Å². The van der Waals surface area contributed by atoms with Crippen molar-refractivity contribution in [3.8, 4) is 11.5 Å². The SMILES string of the molecule is C[N@+]1(CC2CC2)CC[C@]23c4c5ccc(O)c4O[C@H]2C(=O)C(O)C(O)[C@@]3(O)[C@@H]1C5. The first-order valence-corrected chi connectivity index (χ1v) is 10.2. The molecule has 2 unspecified atom stereocenters. The number of hydrogen-bond acceptors (Lipinski definition) is 6. The maximum absolute atomic E-state index is 12.9. The van der Waals surface area contributed by atoms with Gasteiger partial charge in [-0.15, -0.1) is 0 Å². The topological polar surface area (TPSA) is 107 Å². The fourth-order valence-electron chi connectivity index (χ4n) is 6.97. The molecule has 150 valence electrons. The first kappa shape index (κ1) is 17.2. The number of ketones is 1. The van der Waals surface area contributed by atoms with E-state index in [1.54, 1.807) is 6.07 Å². The summed E-state index contributed by atoms with van der Waals surface area (Å²) in [6.45, 7) is 1.68. The van der Waals surface area contributed by atoms with Gasteiger partial charge >= 0.3 is 0 Å². The number of ether oxygens (including phenoxy) is 1. The molecule has 2 saturated carbocycles. The van der Waals surface area contributed by atoms with Crippen molar-refractivity contribution in [3.05, 3.63) is 23.3 Å². The van der Waals surface area contributed by atoms with E-state index in [1.165, 1.54) is 12.8 Å². The Morgan fingerprint density at radius 1 is 1.29 bits per heavy atom. The fraction of sp³-hybridized carbons (Fsp3) is 0.667. The highest BCUT2D eigenvalue weighted by atomic mass is 16.5. The van der Waals surface area contributed by atoms with E-state index in [4.69, 9.17) is 4.74 Å². The number of quaternary nitrogens is 1. The van der Waals surface area contributed by atoms with E-state index >= 15 is 0 Å². The van der Waals surface area contributed by atoms with Gasteiger partial charge in [-0.2, -0.15) is 0 Å². The number of hydrogen-bond donors (Lipinski definition) is 4. The number of aliphatic hydroxyl groups excluding tert-OH is 2. The highest BCUT2D eigenvalue weighted by Gasteiger charge is 2.81. The number of Topliss-reactive ketones (excluding diaryl/α,β-unsaturated/α-hetero) is 1. The molecule has 3 fully saturated rings. The predicted molar refractivity (Wildman–Crippen MR) is 96.9 cm³/mol. The molecule has 2 aliphatic heterocycles. The number of aromatic hydroxyl groups is 1. The van der Waals surface area contributed by atoms with Crippen LogP contribution in [0.4, 0.5) is 0 Å². The molecular weight excluding hydrogens is 362 g/mol. The second-order valence-corrected chi connectivity index (χ2v) is 9.83. The van der Waals surface area contributed by atoms with Crippen LogP contribution in [0.5, 0.6) is 11.5 Å². The van der Waals surface area contributed by atoms with Gasteiger partial charge in [0.2, 0.25) is 5.78 Å². The molecule has 7 atom stereocenters. The van der Waals surface area contributed by atoms with Crippen LogP contribution in [0.2, 0.25) is 0 Å². The van der Waals surface area contributed by atoms with Crippen LogP contribution >= 0.6 is 0 Å². The Morgan fingerprint density at radius 3 is 2.75 bits per heavy atom. The fourth-order valence-corrected chi connectivity index (χ4v) is 6.97. The van der Waals surface area contributed by atoms with Gasteiger partial charge in [0.1, 0.15) is 18.2 Å². The minimum atomic E-state index is -1.70. The lowest BCUT2D eigenvalue weighted by atomic mass is 9.47. The van der Waals surface area contributed by atoms with Gasteiger partial charge in [-0.25, -0.2) is 0 Å². The first-order chi connectivity index (χ1) is 13.2. The van der Waals surface area contributed by atoms with Crippen LogP contribution in [0.25, 0.3) is 0 Å². The van der Waals surface area contributed by atoms with Gasteiger partial charge in [-0.1, -0.05) is 6.07 Å². The monoisotopic (exact) mass is 388 g/mol. The van der Waals surface area contributed by atoms with Crippen LogP contribution in [0.3, 0.4) is 0 Å². The average Bonchev–Trinajstić information content (AvgIpc) is 3.39. The van der Waals surface area contributed by atoms with E-state index in [2.05, 4.69) is 7.05 Å². The molecule has 28 heavy (non-hydrogen) atoms. The number of benzene rings is 1. The molecule has 0 aromatic heterocycles. The molecule has 1 aromatic carbocycles. The second kappa shape index (κ2) is 4.90.